The Morgan fingerprint density at radius 3 is 2.38 bits per heavy atom. The van der Waals surface area contributed by atoms with Gasteiger partial charge in [0.2, 0.25) is 0 Å². The summed E-state index contributed by atoms with van der Waals surface area (Å²) in [6.07, 6.45) is 9.54. The van der Waals surface area contributed by atoms with E-state index < -0.39 is 5.97 Å². The lowest BCUT2D eigenvalue weighted by atomic mass is 9.75. The first-order valence-corrected chi connectivity index (χ1v) is 14.8. The normalized spacial score (nSPS) is 20.8. The van der Waals surface area contributed by atoms with E-state index >= 15 is 0 Å². The summed E-state index contributed by atoms with van der Waals surface area (Å²) < 4.78 is 0. The van der Waals surface area contributed by atoms with Crippen molar-refractivity contribution in [2.24, 2.45) is 11.8 Å². The quantitative estimate of drug-likeness (QED) is 0.292. The molecule has 1 aliphatic heterocycles. The summed E-state index contributed by atoms with van der Waals surface area (Å²) in [5.41, 5.74) is 6.37. The lowest BCUT2D eigenvalue weighted by Crippen LogP contribution is -2.35. The molecule has 3 nitrogen and oxygen atoms in total. The predicted molar refractivity (Wildman–Crippen MR) is 155 cm³/mol. The van der Waals surface area contributed by atoms with Crippen molar-refractivity contribution in [3.8, 4) is 10.4 Å². The highest BCUT2D eigenvalue weighted by Crippen LogP contribution is 2.43. The second-order valence-electron chi connectivity index (χ2n) is 11.0. The van der Waals surface area contributed by atoms with Gasteiger partial charge in [-0.1, -0.05) is 80.4 Å². The van der Waals surface area contributed by atoms with Crippen molar-refractivity contribution in [3.63, 3.8) is 0 Å². The Kier molecular flexibility index (Phi) is 8.58. The number of aromatic carboxylic acids is 1. The van der Waals surface area contributed by atoms with Gasteiger partial charge < -0.3 is 5.11 Å². The molecule has 4 heteroatoms. The van der Waals surface area contributed by atoms with Gasteiger partial charge in [0.1, 0.15) is 4.88 Å². The molecule has 0 unspecified atom stereocenters. The smallest absolute Gasteiger partial charge is 0.346 e. The molecule has 0 radical (unpaired) electrons. The zero-order valence-corrected chi connectivity index (χ0v) is 22.8. The minimum absolute atomic E-state index is 0.506. The number of hydrogen-bond acceptors (Lipinski definition) is 3. The van der Waals surface area contributed by atoms with Crippen LogP contribution in [0.25, 0.3) is 16.0 Å². The number of carbonyl (C=O) groups is 1. The Hall–Kier alpha value is -2.69. The van der Waals surface area contributed by atoms with E-state index in [0.717, 1.165) is 54.4 Å². The van der Waals surface area contributed by atoms with Gasteiger partial charge in [0, 0.05) is 23.5 Å². The fraction of sp³-hybridized carbons (Fsp3) is 0.424. The molecule has 5 rings (SSSR count). The van der Waals surface area contributed by atoms with Crippen molar-refractivity contribution in [1.29, 1.82) is 0 Å². The molecule has 0 saturated heterocycles. The van der Waals surface area contributed by atoms with Crippen LogP contribution in [0.2, 0.25) is 0 Å². The summed E-state index contributed by atoms with van der Waals surface area (Å²) in [4.78, 5) is 16.6. The first kappa shape index (κ1) is 25.9. The van der Waals surface area contributed by atoms with Crippen LogP contribution in [-0.4, -0.2) is 35.6 Å². The minimum atomic E-state index is -0.797. The van der Waals surface area contributed by atoms with E-state index in [1.807, 2.05) is 18.2 Å². The van der Waals surface area contributed by atoms with E-state index in [2.05, 4.69) is 60.4 Å². The topological polar surface area (TPSA) is 40.5 Å². The van der Waals surface area contributed by atoms with E-state index in [1.54, 1.807) is 0 Å². The average molecular weight is 514 g/mol. The molecule has 1 aromatic heterocycles. The Bertz CT molecular complexity index is 1210. The molecule has 0 atom stereocenters. The van der Waals surface area contributed by atoms with Gasteiger partial charge in [-0.15, -0.1) is 11.3 Å². The maximum Gasteiger partial charge on any atom is 0.346 e. The van der Waals surface area contributed by atoms with Crippen LogP contribution in [0.15, 0.2) is 72.3 Å². The SMILES string of the molecule is CC1CCC(C2=C(c3cc(-c4ccccc4)sc3C(=O)O)CCN(CCCCc3ccccc3)C2)CC1. The molecular formula is C33H39NO2S. The molecule has 0 bridgehead atoms. The third kappa shape index (κ3) is 6.42. The summed E-state index contributed by atoms with van der Waals surface area (Å²) in [5.74, 6) is 0.591. The predicted octanol–water partition coefficient (Wildman–Crippen LogP) is 8.42. The average Bonchev–Trinajstić information content (AvgIpc) is 3.38. The highest BCUT2D eigenvalue weighted by atomic mass is 32.1. The molecule has 194 valence electrons. The Balaban J connectivity index is 1.38. The number of carboxylic acids is 1. The third-order valence-corrected chi connectivity index (χ3v) is 9.48. The van der Waals surface area contributed by atoms with Crippen molar-refractivity contribution in [2.45, 2.75) is 58.3 Å². The monoisotopic (exact) mass is 513 g/mol. The lowest BCUT2D eigenvalue weighted by Gasteiger charge is -2.37. The molecule has 2 aliphatic rings. The summed E-state index contributed by atoms with van der Waals surface area (Å²) in [5, 5.41) is 10.2. The number of carboxylic acid groups (broad SMARTS) is 1. The molecule has 1 aliphatic carbocycles. The maximum atomic E-state index is 12.4. The highest BCUT2D eigenvalue weighted by molar-refractivity contribution is 7.17. The fourth-order valence-electron chi connectivity index (χ4n) is 6.16. The molecule has 2 heterocycles. The summed E-state index contributed by atoms with van der Waals surface area (Å²) in [6.45, 7) is 5.51. The largest absolute Gasteiger partial charge is 0.477 e. The highest BCUT2D eigenvalue weighted by Gasteiger charge is 2.31. The van der Waals surface area contributed by atoms with Crippen molar-refractivity contribution in [2.75, 3.05) is 19.6 Å². The fourth-order valence-corrected chi connectivity index (χ4v) is 7.19. The van der Waals surface area contributed by atoms with Crippen LogP contribution in [0.1, 0.15) is 72.7 Å². The van der Waals surface area contributed by atoms with E-state index in [1.165, 1.54) is 66.6 Å². The second kappa shape index (κ2) is 12.2. The standard InChI is InChI=1S/C33H39NO2S/c1-24-15-17-26(18-16-24)30-23-34(20-9-8-12-25-10-4-2-5-11-25)21-19-28(30)29-22-31(37-32(29)33(35)36)27-13-6-3-7-14-27/h2-7,10-11,13-14,22,24,26H,8-9,12,15-21,23H2,1H3,(H,35,36). The number of nitrogens with zero attached hydrogens (tertiary/aromatic N) is 1. The Labute approximate surface area is 225 Å². The van der Waals surface area contributed by atoms with Crippen LogP contribution < -0.4 is 0 Å². The van der Waals surface area contributed by atoms with Gasteiger partial charge in [-0.3, -0.25) is 4.90 Å². The van der Waals surface area contributed by atoms with Gasteiger partial charge in [-0.2, -0.15) is 0 Å². The molecule has 37 heavy (non-hydrogen) atoms. The summed E-state index contributed by atoms with van der Waals surface area (Å²) >= 11 is 1.43. The van der Waals surface area contributed by atoms with Crippen molar-refractivity contribution >= 4 is 22.9 Å². The van der Waals surface area contributed by atoms with E-state index in [4.69, 9.17) is 0 Å². The molecule has 0 spiro atoms. The van der Waals surface area contributed by atoms with E-state index in [0.29, 0.717) is 10.8 Å². The van der Waals surface area contributed by atoms with Crippen LogP contribution in [0.5, 0.6) is 0 Å². The lowest BCUT2D eigenvalue weighted by molar-refractivity contribution is 0.0702. The van der Waals surface area contributed by atoms with Crippen molar-refractivity contribution in [3.05, 3.63) is 88.3 Å². The van der Waals surface area contributed by atoms with Crippen molar-refractivity contribution in [1.82, 2.24) is 4.90 Å². The Morgan fingerprint density at radius 2 is 1.68 bits per heavy atom. The van der Waals surface area contributed by atoms with Crippen LogP contribution >= 0.6 is 11.3 Å². The number of aryl methyl sites for hydroxylation is 1. The third-order valence-electron chi connectivity index (χ3n) is 8.31. The minimum Gasteiger partial charge on any atom is -0.477 e. The van der Waals surface area contributed by atoms with Crippen molar-refractivity contribution < 1.29 is 9.90 Å². The van der Waals surface area contributed by atoms with Gasteiger partial charge in [0.25, 0.3) is 0 Å². The van der Waals surface area contributed by atoms with Crippen LogP contribution in [-0.2, 0) is 6.42 Å². The first-order valence-electron chi connectivity index (χ1n) is 14.0. The van der Waals surface area contributed by atoms with Gasteiger partial charge in [0.05, 0.1) is 0 Å². The molecule has 3 aromatic rings. The number of rotatable bonds is 9. The molecule has 1 N–H and O–H groups in total. The van der Waals surface area contributed by atoms with Crippen LogP contribution in [0.3, 0.4) is 0 Å². The van der Waals surface area contributed by atoms with E-state index in [9.17, 15) is 9.90 Å². The molecule has 1 saturated carbocycles. The molecule has 2 aromatic carbocycles. The van der Waals surface area contributed by atoms with Gasteiger partial charge in [-0.05, 0) is 85.2 Å². The number of thiophene rings is 1. The molecule has 1 fully saturated rings. The van der Waals surface area contributed by atoms with E-state index in [-0.39, 0.29) is 0 Å². The second-order valence-corrected chi connectivity index (χ2v) is 12.0. The molecule has 0 amide bonds. The zero-order chi connectivity index (χ0) is 25.6. The number of unbranched alkanes of at least 4 members (excludes halogenated alkanes) is 1. The number of benzene rings is 2. The summed E-state index contributed by atoms with van der Waals surface area (Å²) in [6, 6.07) is 23.2. The van der Waals surface area contributed by atoms with Gasteiger partial charge in [0.15, 0.2) is 0 Å². The molecular weight excluding hydrogens is 474 g/mol. The van der Waals surface area contributed by atoms with Crippen LogP contribution in [0, 0.1) is 11.8 Å². The summed E-state index contributed by atoms with van der Waals surface area (Å²) in [7, 11) is 0. The maximum absolute atomic E-state index is 12.4. The zero-order valence-electron chi connectivity index (χ0n) is 22.0. The Morgan fingerprint density at radius 1 is 0.973 bits per heavy atom. The van der Waals surface area contributed by atoms with Gasteiger partial charge in [-0.25, -0.2) is 4.79 Å². The first-order chi connectivity index (χ1) is 18.1. The van der Waals surface area contributed by atoms with Gasteiger partial charge >= 0.3 is 5.97 Å². The number of hydrogen-bond donors (Lipinski definition) is 1. The van der Waals surface area contributed by atoms with Crippen LogP contribution in [0.4, 0.5) is 0 Å².